The maximum absolute atomic E-state index is 5.93. The SMILES string of the molecule is C[C@H](N)c1ccc(Br)cc1OCC#Cc1ccccc1. The van der Waals surface area contributed by atoms with Gasteiger partial charge in [0.25, 0.3) is 0 Å². The van der Waals surface area contributed by atoms with Crippen molar-refractivity contribution >= 4 is 15.9 Å². The second-order valence-electron chi connectivity index (χ2n) is 4.43. The number of rotatable bonds is 3. The Morgan fingerprint density at radius 3 is 2.65 bits per heavy atom. The second kappa shape index (κ2) is 7.14. The molecule has 2 N–H and O–H groups in total. The van der Waals surface area contributed by atoms with Gasteiger partial charge in [-0.15, -0.1) is 0 Å². The van der Waals surface area contributed by atoms with Crippen LogP contribution in [0.25, 0.3) is 0 Å². The lowest BCUT2D eigenvalue weighted by atomic mass is 10.1. The van der Waals surface area contributed by atoms with Crippen molar-refractivity contribution in [1.82, 2.24) is 0 Å². The highest BCUT2D eigenvalue weighted by Crippen LogP contribution is 2.27. The molecule has 2 aromatic rings. The smallest absolute Gasteiger partial charge is 0.149 e. The summed E-state index contributed by atoms with van der Waals surface area (Å²) < 4.78 is 6.68. The first-order chi connectivity index (χ1) is 9.66. The molecule has 0 saturated heterocycles. The molecule has 3 heteroatoms. The second-order valence-corrected chi connectivity index (χ2v) is 5.34. The van der Waals surface area contributed by atoms with E-state index in [0.29, 0.717) is 6.61 Å². The molecule has 102 valence electrons. The Hall–Kier alpha value is -1.76. The van der Waals surface area contributed by atoms with Gasteiger partial charge in [0.15, 0.2) is 0 Å². The zero-order chi connectivity index (χ0) is 14.4. The van der Waals surface area contributed by atoms with Crippen molar-refractivity contribution in [3.8, 4) is 17.6 Å². The molecule has 2 aromatic carbocycles. The van der Waals surface area contributed by atoms with Gasteiger partial charge in [-0.3, -0.25) is 0 Å². The van der Waals surface area contributed by atoms with Crippen LogP contribution < -0.4 is 10.5 Å². The minimum absolute atomic E-state index is 0.0693. The summed E-state index contributed by atoms with van der Waals surface area (Å²) in [4.78, 5) is 0. The molecule has 0 amide bonds. The molecule has 0 aromatic heterocycles. The van der Waals surface area contributed by atoms with E-state index >= 15 is 0 Å². The van der Waals surface area contributed by atoms with E-state index in [2.05, 4.69) is 27.8 Å². The van der Waals surface area contributed by atoms with Crippen LogP contribution in [0.3, 0.4) is 0 Å². The van der Waals surface area contributed by atoms with Gasteiger partial charge in [-0.2, -0.15) is 0 Å². The molecule has 0 heterocycles. The first-order valence-electron chi connectivity index (χ1n) is 6.38. The molecular formula is C17H16BrNO. The van der Waals surface area contributed by atoms with Crippen molar-refractivity contribution in [2.24, 2.45) is 5.73 Å². The molecular weight excluding hydrogens is 314 g/mol. The van der Waals surface area contributed by atoms with Gasteiger partial charge >= 0.3 is 0 Å². The molecule has 0 unspecified atom stereocenters. The molecule has 0 aliphatic carbocycles. The first kappa shape index (κ1) is 14.6. The van der Waals surface area contributed by atoms with Crippen LogP contribution in [0.4, 0.5) is 0 Å². The molecule has 0 bridgehead atoms. The molecule has 2 rings (SSSR count). The summed E-state index contributed by atoms with van der Waals surface area (Å²) in [5.41, 5.74) is 7.89. The largest absolute Gasteiger partial charge is 0.481 e. The third-order valence-corrected chi connectivity index (χ3v) is 3.27. The highest BCUT2D eigenvalue weighted by Gasteiger charge is 2.08. The Morgan fingerprint density at radius 1 is 1.20 bits per heavy atom. The standard InChI is InChI=1S/C17H16BrNO/c1-13(19)16-10-9-15(18)12-17(16)20-11-5-8-14-6-3-2-4-7-14/h2-4,6-7,9-10,12-13H,11,19H2,1H3/t13-/m0/s1. The average Bonchev–Trinajstić information content (AvgIpc) is 2.44. The molecule has 0 spiro atoms. The van der Waals surface area contributed by atoms with Crippen LogP contribution in [0.2, 0.25) is 0 Å². The average molecular weight is 330 g/mol. The lowest BCUT2D eigenvalue weighted by Gasteiger charge is -2.12. The lowest BCUT2D eigenvalue weighted by molar-refractivity contribution is 0.363. The van der Waals surface area contributed by atoms with E-state index in [1.807, 2.05) is 55.5 Å². The van der Waals surface area contributed by atoms with Crippen molar-refractivity contribution in [1.29, 1.82) is 0 Å². The zero-order valence-corrected chi connectivity index (χ0v) is 12.9. The quantitative estimate of drug-likeness (QED) is 0.867. The number of halogens is 1. The Morgan fingerprint density at radius 2 is 1.95 bits per heavy atom. The van der Waals surface area contributed by atoms with Crippen LogP contribution in [-0.2, 0) is 0 Å². The molecule has 2 nitrogen and oxygen atoms in total. The molecule has 20 heavy (non-hydrogen) atoms. The van der Waals surface area contributed by atoms with E-state index < -0.39 is 0 Å². The summed E-state index contributed by atoms with van der Waals surface area (Å²) >= 11 is 3.43. The Bertz CT molecular complexity index is 626. The number of hydrogen-bond acceptors (Lipinski definition) is 2. The lowest BCUT2D eigenvalue weighted by Crippen LogP contribution is -2.08. The maximum Gasteiger partial charge on any atom is 0.149 e. The number of benzene rings is 2. The molecule has 0 fully saturated rings. The minimum Gasteiger partial charge on any atom is -0.481 e. The summed E-state index contributed by atoms with van der Waals surface area (Å²) in [6.07, 6.45) is 0. The molecule has 0 radical (unpaired) electrons. The summed E-state index contributed by atoms with van der Waals surface area (Å²) in [5, 5.41) is 0. The minimum atomic E-state index is -0.0693. The fourth-order valence-corrected chi connectivity index (χ4v) is 2.12. The van der Waals surface area contributed by atoms with Gasteiger partial charge in [0.1, 0.15) is 12.4 Å². The fraction of sp³-hybridized carbons (Fsp3) is 0.176. The van der Waals surface area contributed by atoms with Gasteiger partial charge in [-0.25, -0.2) is 0 Å². The topological polar surface area (TPSA) is 35.2 Å². The monoisotopic (exact) mass is 329 g/mol. The van der Waals surface area contributed by atoms with Crippen LogP contribution in [0.15, 0.2) is 53.0 Å². The van der Waals surface area contributed by atoms with E-state index in [1.54, 1.807) is 0 Å². The van der Waals surface area contributed by atoms with Gasteiger partial charge in [0.05, 0.1) is 0 Å². The Labute approximate surface area is 128 Å². The van der Waals surface area contributed by atoms with Gasteiger partial charge in [0, 0.05) is 21.6 Å². The van der Waals surface area contributed by atoms with Gasteiger partial charge in [-0.1, -0.05) is 52.0 Å². The van der Waals surface area contributed by atoms with Crippen LogP contribution in [-0.4, -0.2) is 6.61 Å². The Kier molecular flexibility index (Phi) is 5.23. The Balaban J connectivity index is 2.05. The van der Waals surface area contributed by atoms with Gasteiger partial charge in [-0.05, 0) is 31.2 Å². The maximum atomic E-state index is 5.93. The molecule has 0 aliphatic rings. The number of hydrogen-bond donors (Lipinski definition) is 1. The summed E-state index contributed by atoms with van der Waals surface area (Å²) in [6, 6.07) is 15.6. The predicted molar refractivity (Wildman–Crippen MR) is 85.6 cm³/mol. The summed E-state index contributed by atoms with van der Waals surface area (Å²) in [5.74, 6) is 6.84. The van der Waals surface area contributed by atoms with E-state index in [-0.39, 0.29) is 6.04 Å². The highest BCUT2D eigenvalue weighted by atomic mass is 79.9. The van der Waals surface area contributed by atoms with Crippen molar-refractivity contribution < 1.29 is 4.74 Å². The fourth-order valence-electron chi connectivity index (χ4n) is 1.78. The van der Waals surface area contributed by atoms with E-state index in [4.69, 9.17) is 10.5 Å². The predicted octanol–water partition coefficient (Wildman–Crippen LogP) is 3.90. The van der Waals surface area contributed by atoms with Crippen molar-refractivity contribution in [3.63, 3.8) is 0 Å². The number of nitrogens with two attached hydrogens (primary N) is 1. The van der Waals surface area contributed by atoms with Crippen molar-refractivity contribution in [2.75, 3.05) is 6.61 Å². The normalized spacial score (nSPS) is 11.3. The highest BCUT2D eigenvalue weighted by molar-refractivity contribution is 9.10. The van der Waals surface area contributed by atoms with E-state index in [0.717, 1.165) is 21.3 Å². The van der Waals surface area contributed by atoms with Crippen LogP contribution in [0, 0.1) is 11.8 Å². The van der Waals surface area contributed by atoms with Crippen molar-refractivity contribution in [2.45, 2.75) is 13.0 Å². The molecule has 0 saturated carbocycles. The van der Waals surface area contributed by atoms with Gasteiger partial charge in [0.2, 0.25) is 0 Å². The summed E-state index contributed by atoms with van der Waals surface area (Å²) in [6.45, 7) is 2.27. The van der Waals surface area contributed by atoms with Crippen molar-refractivity contribution in [3.05, 3.63) is 64.1 Å². The van der Waals surface area contributed by atoms with Crippen LogP contribution >= 0.6 is 15.9 Å². The number of ether oxygens (including phenoxy) is 1. The van der Waals surface area contributed by atoms with Gasteiger partial charge < -0.3 is 10.5 Å². The van der Waals surface area contributed by atoms with E-state index in [1.165, 1.54) is 0 Å². The van der Waals surface area contributed by atoms with Crippen LogP contribution in [0.5, 0.6) is 5.75 Å². The molecule has 1 atom stereocenters. The zero-order valence-electron chi connectivity index (χ0n) is 11.3. The first-order valence-corrected chi connectivity index (χ1v) is 7.18. The van der Waals surface area contributed by atoms with Crippen LogP contribution in [0.1, 0.15) is 24.1 Å². The third-order valence-electron chi connectivity index (χ3n) is 2.77. The molecule has 0 aliphatic heterocycles. The summed E-state index contributed by atoms with van der Waals surface area (Å²) in [7, 11) is 0. The third kappa shape index (κ3) is 4.12. The van der Waals surface area contributed by atoms with E-state index in [9.17, 15) is 0 Å².